The van der Waals surface area contributed by atoms with Crippen molar-refractivity contribution in [2.45, 2.75) is 95.5 Å². The van der Waals surface area contributed by atoms with Crippen LogP contribution in [0, 0.1) is 23.7 Å². The van der Waals surface area contributed by atoms with Gasteiger partial charge in [-0.1, -0.05) is 6.92 Å². The van der Waals surface area contributed by atoms with Gasteiger partial charge in [0, 0.05) is 43.7 Å². The summed E-state index contributed by atoms with van der Waals surface area (Å²) < 4.78 is 33.1. The Kier molecular flexibility index (Phi) is 11.4. The highest BCUT2D eigenvalue weighted by Crippen LogP contribution is 2.31. The topological polar surface area (TPSA) is 142 Å². The van der Waals surface area contributed by atoms with Gasteiger partial charge in [0.2, 0.25) is 5.91 Å². The predicted octanol–water partition coefficient (Wildman–Crippen LogP) is -1.01. The maximum Gasteiger partial charge on any atom is 0.223 e. The molecule has 11 nitrogen and oxygen atoms in total. The summed E-state index contributed by atoms with van der Waals surface area (Å²) in [7, 11) is -4.17. The number of piperazine rings is 1. The van der Waals surface area contributed by atoms with E-state index in [0.29, 0.717) is 42.9 Å². The summed E-state index contributed by atoms with van der Waals surface area (Å²) in [5.41, 5.74) is 0. The minimum atomic E-state index is -4.17. The van der Waals surface area contributed by atoms with Crippen molar-refractivity contribution in [2.24, 2.45) is 23.7 Å². The summed E-state index contributed by atoms with van der Waals surface area (Å²) in [4.78, 5) is 16.5. The summed E-state index contributed by atoms with van der Waals surface area (Å²) in [6.45, 7) is 9.76. The molecule has 1 amide bonds. The zero-order valence-electron chi connectivity index (χ0n) is 25.0. The zero-order chi connectivity index (χ0) is 28.8. The van der Waals surface area contributed by atoms with Gasteiger partial charge in [-0.3, -0.25) is 25.6 Å². The Morgan fingerprint density at radius 3 is 2.51 bits per heavy atom. The lowest BCUT2D eigenvalue weighted by Gasteiger charge is -2.43. The Hall–Kier alpha value is -0.860. The normalized spacial score (nSPS) is 38.4. The minimum absolute atomic E-state index is 0.118. The van der Waals surface area contributed by atoms with Crippen molar-refractivity contribution in [3.8, 4) is 0 Å². The second kappa shape index (κ2) is 14.7. The summed E-state index contributed by atoms with van der Waals surface area (Å²) in [5.74, 6) is 1.96. The molecular formula is C29H55N7O4S. The lowest BCUT2D eigenvalue weighted by molar-refractivity contribution is -0.892. The van der Waals surface area contributed by atoms with Crippen molar-refractivity contribution < 1.29 is 22.7 Å². The van der Waals surface area contributed by atoms with Gasteiger partial charge >= 0.3 is 0 Å². The van der Waals surface area contributed by atoms with Gasteiger partial charge in [-0.25, -0.2) is 8.42 Å². The molecule has 5 rings (SSSR count). The molecular weight excluding hydrogens is 542 g/mol. The van der Waals surface area contributed by atoms with Gasteiger partial charge in [0.1, 0.15) is 16.4 Å². The number of carbonyl (C=O) groups is 1. The lowest BCUT2D eigenvalue weighted by Crippen LogP contribution is -3.15. The van der Waals surface area contributed by atoms with Crippen LogP contribution in [0.4, 0.5) is 0 Å². The first-order valence-corrected chi connectivity index (χ1v) is 18.1. The molecule has 5 fully saturated rings. The average molecular weight is 598 g/mol. The fourth-order valence-corrected chi connectivity index (χ4v) is 8.87. The molecule has 6 unspecified atom stereocenters. The summed E-state index contributed by atoms with van der Waals surface area (Å²) in [6.07, 6.45) is 11.1. The van der Waals surface area contributed by atoms with Gasteiger partial charge in [0.25, 0.3) is 0 Å². The van der Waals surface area contributed by atoms with E-state index in [-0.39, 0.29) is 30.0 Å². The summed E-state index contributed by atoms with van der Waals surface area (Å²) >= 11 is 0. The van der Waals surface area contributed by atoms with E-state index in [1.165, 1.54) is 19.3 Å². The number of nitrogens with zero attached hydrogens (tertiary/aromatic N) is 1. The Bertz CT molecular complexity index is 933. The largest absolute Gasteiger partial charge is 0.744 e. The van der Waals surface area contributed by atoms with Crippen molar-refractivity contribution in [3.63, 3.8) is 0 Å². The third-order valence-electron chi connectivity index (χ3n) is 10.7. The van der Waals surface area contributed by atoms with Crippen molar-refractivity contribution in [3.05, 3.63) is 0 Å². The number of rotatable bonds is 9. The van der Waals surface area contributed by atoms with Crippen LogP contribution in [0.25, 0.3) is 0 Å². The highest BCUT2D eigenvalue weighted by atomic mass is 32.2. The molecule has 6 atom stereocenters. The van der Waals surface area contributed by atoms with Crippen molar-refractivity contribution >= 4 is 16.0 Å². The maximum absolute atomic E-state index is 13.3. The maximum atomic E-state index is 13.3. The quantitative estimate of drug-likeness (QED) is 0.185. The molecule has 5 aliphatic rings. The number of piperidine rings is 1. The van der Waals surface area contributed by atoms with Crippen LogP contribution in [-0.2, 0) is 14.9 Å². The van der Waals surface area contributed by atoms with E-state index in [1.54, 1.807) is 0 Å². The third-order valence-corrected chi connectivity index (χ3v) is 11.5. The van der Waals surface area contributed by atoms with Crippen LogP contribution in [0.1, 0.15) is 71.1 Å². The van der Waals surface area contributed by atoms with Crippen LogP contribution in [-0.4, -0.2) is 106 Å². The molecule has 3 aliphatic heterocycles. The van der Waals surface area contributed by atoms with Gasteiger partial charge in [-0.15, -0.1) is 0 Å². The third kappa shape index (κ3) is 9.56. The van der Waals surface area contributed by atoms with Gasteiger partial charge < -0.3 is 20.1 Å². The molecule has 0 aromatic heterocycles. The number of carbonyl (C=O) groups excluding carboxylic acids is 1. The summed E-state index contributed by atoms with van der Waals surface area (Å²) in [5, 5.41) is 18.4. The molecule has 236 valence electrons. The molecule has 2 saturated carbocycles. The van der Waals surface area contributed by atoms with Crippen LogP contribution < -0.4 is 31.5 Å². The van der Waals surface area contributed by atoms with Crippen molar-refractivity contribution in [1.29, 1.82) is 0 Å². The molecule has 3 heterocycles. The molecule has 41 heavy (non-hydrogen) atoms. The van der Waals surface area contributed by atoms with E-state index < -0.39 is 10.1 Å². The fraction of sp³-hybridized carbons (Fsp3) is 0.966. The first kappa shape index (κ1) is 31.6. The fourth-order valence-electron chi connectivity index (χ4n) is 8.08. The number of hydrogen-bond donors (Lipinski definition) is 6. The number of nitrogens with one attached hydrogen (secondary N) is 6. The van der Waals surface area contributed by atoms with Crippen LogP contribution in [0.15, 0.2) is 0 Å². The Balaban J connectivity index is 1.01. The van der Waals surface area contributed by atoms with E-state index in [4.69, 9.17) is 0 Å². The van der Waals surface area contributed by atoms with Crippen molar-refractivity contribution in [2.75, 3.05) is 58.2 Å². The smallest absolute Gasteiger partial charge is 0.223 e. The van der Waals surface area contributed by atoms with Crippen LogP contribution in [0.5, 0.6) is 0 Å². The second-order valence-corrected chi connectivity index (χ2v) is 15.2. The van der Waals surface area contributed by atoms with Gasteiger partial charge in [-0.2, -0.15) is 0 Å². The number of quaternary nitrogens is 1. The highest BCUT2D eigenvalue weighted by molar-refractivity contribution is 7.85. The first-order chi connectivity index (χ1) is 19.7. The van der Waals surface area contributed by atoms with E-state index in [0.717, 1.165) is 89.1 Å². The molecule has 0 aromatic rings. The van der Waals surface area contributed by atoms with Crippen LogP contribution in [0.3, 0.4) is 0 Å². The first-order valence-electron chi connectivity index (χ1n) is 16.5. The Morgan fingerprint density at radius 1 is 1.02 bits per heavy atom. The van der Waals surface area contributed by atoms with Gasteiger partial charge in [0.05, 0.1) is 13.1 Å². The molecule has 0 radical (unpaired) electrons. The predicted molar refractivity (Wildman–Crippen MR) is 158 cm³/mol. The Labute approximate surface area is 247 Å². The van der Waals surface area contributed by atoms with Gasteiger partial charge in [0.15, 0.2) is 5.88 Å². The molecule has 6 N–H and O–H groups in total. The average Bonchev–Trinajstić information content (AvgIpc) is 2.96. The molecule has 2 aliphatic carbocycles. The molecule has 0 bridgehead atoms. The molecule has 0 spiro atoms. The number of amides is 1. The second-order valence-electron chi connectivity index (χ2n) is 13.8. The Morgan fingerprint density at radius 2 is 1.80 bits per heavy atom. The van der Waals surface area contributed by atoms with Gasteiger partial charge in [-0.05, 0) is 102 Å². The molecule has 3 saturated heterocycles. The molecule has 12 heteroatoms. The SMILES string of the molecule is CC1CCC(NC(=O)C2CCC(CN3CC[NH+](CS(=O)(=O)[O-])CC3)CC2)CC1NC1NCCC(C2CCCNC2)N1. The van der Waals surface area contributed by atoms with E-state index in [1.807, 2.05) is 0 Å². The summed E-state index contributed by atoms with van der Waals surface area (Å²) in [6, 6.07) is 1.18. The van der Waals surface area contributed by atoms with E-state index in [9.17, 15) is 17.8 Å². The van der Waals surface area contributed by atoms with Crippen LogP contribution in [0.2, 0.25) is 0 Å². The van der Waals surface area contributed by atoms with Crippen LogP contribution >= 0.6 is 0 Å². The highest BCUT2D eigenvalue weighted by Gasteiger charge is 2.35. The molecule has 0 aromatic carbocycles. The van der Waals surface area contributed by atoms with Crippen molar-refractivity contribution in [1.82, 2.24) is 31.5 Å². The zero-order valence-corrected chi connectivity index (χ0v) is 25.9. The standard InChI is InChI=1S/C29H55N7O4S/c1-21-4-9-25(17-27(21)34-29-31-12-10-26(33-29)24-3-2-11-30-18-24)32-28(37)23-7-5-22(6-8-23)19-35-13-15-36(16-14-35)20-41(38,39)40/h21-27,29-31,33-34H,2-20H2,1H3,(H,32,37)(H,38,39,40). The van der Waals surface area contributed by atoms with E-state index >= 15 is 0 Å². The monoisotopic (exact) mass is 597 g/mol. The van der Waals surface area contributed by atoms with E-state index in [2.05, 4.69) is 38.4 Å². The minimum Gasteiger partial charge on any atom is -0.744 e. The lowest BCUT2D eigenvalue weighted by atomic mass is 9.80. The number of hydrogen-bond acceptors (Lipinski definition) is 9.